The van der Waals surface area contributed by atoms with E-state index in [0.29, 0.717) is 17.9 Å². The summed E-state index contributed by atoms with van der Waals surface area (Å²) in [5.74, 6) is 0.0516. The molecule has 1 N–H and O–H groups in total. The van der Waals surface area contributed by atoms with Crippen molar-refractivity contribution in [2.45, 2.75) is 56.3 Å². The van der Waals surface area contributed by atoms with Gasteiger partial charge >= 0.3 is 5.97 Å². The molecule has 1 heterocycles. The smallest absolute Gasteiger partial charge is 0.341 e. The Kier molecular flexibility index (Phi) is 6.86. The van der Waals surface area contributed by atoms with Crippen LogP contribution in [0.2, 0.25) is 0 Å². The lowest BCUT2D eigenvalue weighted by atomic mass is 9.70. The Hall–Kier alpha value is -3.52. The molecule has 0 bridgehead atoms. The zero-order valence-electron chi connectivity index (χ0n) is 22.0. The number of nitrogens with zero attached hydrogens (tertiary/aromatic N) is 1. The molecule has 200 valence electrons. The first-order valence-electron chi connectivity index (χ1n) is 12.9. The number of hydrogen-bond donors (Lipinski definition) is 1. The highest BCUT2D eigenvalue weighted by Gasteiger charge is 2.48. The summed E-state index contributed by atoms with van der Waals surface area (Å²) in [6.45, 7) is 3.65. The third-order valence-electron chi connectivity index (χ3n) is 7.87. The lowest BCUT2D eigenvalue weighted by Crippen LogP contribution is -2.38. The zero-order chi connectivity index (χ0) is 27.1. The molecule has 1 aliphatic carbocycles. The quantitative estimate of drug-likeness (QED) is 0.408. The Bertz CT molecular complexity index is 1490. The summed E-state index contributed by atoms with van der Waals surface area (Å²) < 4.78 is 40.6. The number of aliphatic carboxylic acids is 1. The van der Waals surface area contributed by atoms with Gasteiger partial charge in [-0.15, -0.1) is 0 Å². The molecule has 38 heavy (non-hydrogen) atoms. The molecule has 1 fully saturated rings. The largest absolute Gasteiger partial charge is 0.497 e. The highest BCUT2D eigenvalue weighted by molar-refractivity contribution is 7.92. The molecule has 3 aromatic rings. The minimum Gasteiger partial charge on any atom is -0.497 e. The van der Waals surface area contributed by atoms with Crippen molar-refractivity contribution >= 4 is 21.7 Å². The highest BCUT2D eigenvalue weighted by Crippen LogP contribution is 2.53. The van der Waals surface area contributed by atoms with Crippen LogP contribution >= 0.6 is 0 Å². The Morgan fingerprint density at radius 1 is 0.974 bits per heavy atom. The molecule has 1 saturated carbocycles. The molecular weight excluding hydrogens is 502 g/mol. The fraction of sp³-hybridized carbons (Fsp3) is 0.367. The molecular formula is C30H33NO6S. The Labute approximate surface area is 224 Å². The van der Waals surface area contributed by atoms with Crippen LogP contribution in [0.4, 0.5) is 5.69 Å². The monoisotopic (exact) mass is 535 g/mol. The molecule has 0 aromatic heterocycles. The van der Waals surface area contributed by atoms with Crippen molar-refractivity contribution in [1.29, 1.82) is 0 Å². The Morgan fingerprint density at radius 3 is 2.42 bits per heavy atom. The van der Waals surface area contributed by atoms with Gasteiger partial charge in [-0.1, -0.05) is 31.4 Å². The van der Waals surface area contributed by atoms with Gasteiger partial charge in [-0.05, 0) is 97.0 Å². The van der Waals surface area contributed by atoms with E-state index >= 15 is 0 Å². The van der Waals surface area contributed by atoms with Gasteiger partial charge in [0.1, 0.15) is 11.5 Å². The molecule has 0 radical (unpaired) electrons. The molecule has 0 unspecified atom stereocenters. The van der Waals surface area contributed by atoms with Gasteiger partial charge in [0.2, 0.25) is 0 Å². The third-order valence-corrected chi connectivity index (χ3v) is 9.61. The number of carboxylic acid groups (broad SMARTS) is 1. The van der Waals surface area contributed by atoms with E-state index < -0.39 is 22.6 Å². The summed E-state index contributed by atoms with van der Waals surface area (Å²) in [4.78, 5) is 11.1. The topological polar surface area (TPSA) is 93.1 Å². The summed E-state index contributed by atoms with van der Waals surface area (Å²) in [6, 6.07) is 16.8. The Balaban J connectivity index is 1.59. The number of sulfonamides is 1. The van der Waals surface area contributed by atoms with Crippen LogP contribution < -0.4 is 13.8 Å². The number of methoxy groups -OCH3 is 1. The van der Waals surface area contributed by atoms with Crippen molar-refractivity contribution in [2.24, 2.45) is 0 Å². The van der Waals surface area contributed by atoms with E-state index in [1.807, 2.05) is 25.1 Å². The summed E-state index contributed by atoms with van der Waals surface area (Å²) in [7, 11) is -2.22. The molecule has 1 spiro atoms. The van der Waals surface area contributed by atoms with Crippen molar-refractivity contribution in [3.05, 3.63) is 71.3 Å². The number of aryl methyl sites for hydroxylation is 2. The van der Waals surface area contributed by atoms with E-state index in [9.17, 15) is 13.2 Å². The maximum Gasteiger partial charge on any atom is 0.341 e. The van der Waals surface area contributed by atoms with Crippen LogP contribution in [0.1, 0.15) is 48.8 Å². The maximum atomic E-state index is 14.1. The SMILES string of the molecule is COc1cccc(-c2cc(C)c3c(c2)C2(CCCCC2)CN3S(=O)(=O)c2ccc(OCC(=O)O)c(C)c2)c1. The van der Waals surface area contributed by atoms with Crippen LogP contribution in [0.15, 0.2) is 59.5 Å². The van der Waals surface area contributed by atoms with Crippen LogP contribution in [0, 0.1) is 13.8 Å². The molecule has 0 saturated heterocycles. The zero-order valence-corrected chi connectivity index (χ0v) is 22.8. The number of rotatable bonds is 7. The lowest BCUT2D eigenvalue weighted by Gasteiger charge is -2.34. The molecule has 0 atom stereocenters. The molecule has 3 aromatic carbocycles. The normalized spacial score (nSPS) is 16.3. The first-order valence-corrected chi connectivity index (χ1v) is 14.4. The van der Waals surface area contributed by atoms with E-state index in [1.165, 1.54) is 12.1 Å². The highest BCUT2D eigenvalue weighted by atomic mass is 32.2. The first-order chi connectivity index (χ1) is 18.1. The second-order valence-corrected chi connectivity index (χ2v) is 12.2. The molecule has 7 nitrogen and oxygen atoms in total. The van der Waals surface area contributed by atoms with Gasteiger partial charge in [0, 0.05) is 12.0 Å². The van der Waals surface area contributed by atoms with Crippen molar-refractivity contribution in [3.8, 4) is 22.6 Å². The number of ether oxygens (including phenoxy) is 2. The minimum absolute atomic E-state index is 0.174. The molecule has 1 aliphatic heterocycles. The number of benzene rings is 3. The van der Waals surface area contributed by atoms with Gasteiger partial charge in [-0.2, -0.15) is 0 Å². The average molecular weight is 536 g/mol. The van der Waals surface area contributed by atoms with Gasteiger partial charge in [0.25, 0.3) is 10.0 Å². The molecule has 2 aliphatic rings. The van der Waals surface area contributed by atoms with Crippen LogP contribution in [0.5, 0.6) is 11.5 Å². The van der Waals surface area contributed by atoms with E-state index in [0.717, 1.165) is 65.8 Å². The van der Waals surface area contributed by atoms with Crippen LogP contribution in [-0.4, -0.2) is 39.8 Å². The fourth-order valence-corrected chi connectivity index (χ4v) is 7.72. The van der Waals surface area contributed by atoms with Crippen molar-refractivity contribution in [3.63, 3.8) is 0 Å². The van der Waals surface area contributed by atoms with Crippen molar-refractivity contribution in [1.82, 2.24) is 0 Å². The number of carbonyl (C=O) groups is 1. The van der Waals surface area contributed by atoms with Gasteiger partial charge in [0.05, 0.1) is 17.7 Å². The van der Waals surface area contributed by atoms with Gasteiger partial charge in [0.15, 0.2) is 6.61 Å². The first kappa shape index (κ1) is 26.1. The summed E-state index contributed by atoms with van der Waals surface area (Å²) >= 11 is 0. The maximum absolute atomic E-state index is 14.1. The minimum atomic E-state index is -3.87. The third kappa shape index (κ3) is 4.62. The van der Waals surface area contributed by atoms with Gasteiger partial charge < -0.3 is 14.6 Å². The predicted molar refractivity (Wildman–Crippen MR) is 147 cm³/mol. The summed E-state index contributed by atoms with van der Waals surface area (Å²) in [5.41, 5.74) is 5.25. The van der Waals surface area contributed by atoms with E-state index in [4.69, 9.17) is 14.6 Å². The van der Waals surface area contributed by atoms with Crippen LogP contribution in [0.3, 0.4) is 0 Å². The van der Waals surface area contributed by atoms with Crippen molar-refractivity contribution < 1.29 is 27.8 Å². The van der Waals surface area contributed by atoms with E-state index in [1.54, 1.807) is 24.4 Å². The van der Waals surface area contributed by atoms with Crippen LogP contribution in [0.25, 0.3) is 11.1 Å². The molecule has 0 amide bonds. The van der Waals surface area contributed by atoms with E-state index in [-0.39, 0.29) is 10.3 Å². The van der Waals surface area contributed by atoms with E-state index in [2.05, 4.69) is 18.2 Å². The number of anilines is 1. The number of hydrogen-bond acceptors (Lipinski definition) is 5. The van der Waals surface area contributed by atoms with Gasteiger partial charge in [-0.25, -0.2) is 13.2 Å². The lowest BCUT2D eigenvalue weighted by molar-refractivity contribution is -0.139. The molecule has 8 heteroatoms. The van der Waals surface area contributed by atoms with Gasteiger partial charge in [-0.3, -0.25) is 4.31 Å². The number of carboxylic acids is 1. The van der Waals surface area contributed by atoms with Crippen molar-refractivity contribution in [2.75, 3.05) is 24.6 Å². The second-order valence-electron chi connectivity index (χ2n) is 10.4. The standard InChI is InChI=1S/C30H33NO6S/c1-20-15-25(10-11-27(20)37-18-28(32)33)38(34,35)31-19-30(12-5-4-6-13-30)26-17-23(14-21(2)29(26)31)22-8-7-9-24(16-22)36-3/h7-11,14-17H,4-6,12-13,18-19H2,1-3H3,(H,32,33). The van der Waals surface area contributed by atoms with Crippen LogP contribution in [-0.2, 0) is 20.2 Å². The summed E-state index contributed by atoms with van der Waals surface area (Å²) in [6.07, 6.45) is 5.21. The Morgan fingerprint density at radius 2 is 1.74 bits per heavy atom. The second kappa shape index (κ2) is 9.98. The average Bonchev–Trinajstić information content (AvgIpc) is 3.23. The molecule has 5 rings (SSSR count). The number of fused-ring (bicyclic) bond motifs is 2. The predicted octanol–water partition coefficient (Wildman–Crippen LogP) is 5.85. The fourth-order valence-electron chi connectivity index (χ4n) is 6.00. The summed E-state index contributed by atoms with van der Waals surface area (Å²) in [5, 5.41) is 8.92.